The summed E-state index contributed by atoms with van der Waals surface area (Å²) in [6.45, 7) is 7.57. The minimum Gasteiger partial charge on any atom is -0.354 e. The first-order valence-electron chi connectivity index (χ1n) is 8.37. The topological polar surface area (TPSA) is 32.3 Å². The molecule has 1 aliphatic heterocycles. The van der Waals surface area contributed by atoms with Gasteiger partial charge in [0.1, 0.15) is 0 Å². The van der Waals surface area contributed by atoms with Gasteiger partial charge in [-0.1, -0.05) is 30.7 Å². The summed E-state index contributed by atoms with van der Waals surface area (Å²) in [5, 5.41) is 3.81. The molecule has 5 heteroatoms. The molecule has 1 unspecified atom stereocenters. The Kier molecular flexibility index (Phi) is 7.74. The predicted molar refractivity (Wildman–Crippen MR) is 100 cm³/mol. The van der Waals surface area contributed by atoms with Crippen LogP contribution in [0.2, 0.25) is 5.02 Å². The fourth-order valence-corrected chi connectivity index (χ4v) is 3.82. The van der Waals surface area contributed by atoms with Crippen LogP contribution < -0.4 is 5.32 Å². The van der Waals surface area contributed by atoms with E-state index in [1.807, 2.05) is 24.3 Å². The summed E-state index contributed by atoms with van der Waals surface area (Å²) in [7, 11) is 0. The average Bonchev–Trinajstić information content (AvgIpc) is 2.53. The first-order valence-corrected chi connectivity index (χ1v) is 9.91. The molecule has 1 aromatic carbocycles. The highest BCUT2D eigenvalue weighted by Crippen LogP contribution is 2.18. The largest absolute Gasteiger partial charge is 0.354 e. The molecule has 1 aromatic rings. The molecule has 23 heavy (non-hydrogen) atoms. The minimum absolute atomic E-state index is 0.120. The first kappa shape index (κ1) is 18.6. The van der Waals surface area contributed by atoms with Gasteiger partial charge in [-0.25, -0.2) is 0 Å². The summed E-state index contributed by atoms with van der Waals surface area (Å²) in [6.07, 6.45) is 2.54. The highest BCUT2D eigenvalue weighted by atomic mass is 35.5. The van der Waals surface area contributed by atoms with Crippen LogP contribution >= 0.6 is 23.4 Å². The van der Waals surface area contributed by atoms with Crippen LogP contribution in [0.15, 0.2) is 24.3 Å². The van der Waals surface area contributed by atoms with Gasteiger partial charge in [0.15, 0.2) is 0 Å². The summed E-state index contributed by atoms with van der Waals surface area (Å²) >= 11 is 7.59. The van der Waals surface area contributed by atoms with Gasteiger partial charge < -0.3 is 5.32 Å². The fraction of sp³-hybridized carbons (Fsp3) is 0.611. The van der Waals surface area contributed by atoms with Crippen molar-refractivity contribution in [1.82, 2.24) is 10.2 Å². The Balaban J connectivity index is 1.61. The van der Waals surface area contributed by atoms with Crippen LogP contribution in [0.3, 0.4) is 0 Å². The molecule has 1 atom stereocenters. The van der Waals surface area contributed by atoms with E-state index in [1.165, 1.54) is 12.8 Å². The number of carbonyl (C=O) groups excluding carboxylic acids is 1. The molecule has 2 rings (SSSR count). The van der Waals surface area contributed by atoms with E-state index in [0.717, 1.165) is 41.9 Å². The average molecular weight is 355 g/mol. The van der Waals surface area contributed by atoms with E-state index in [9.17, 15) is 4.79 Å². The molecule has 1 amide bonds. The SMILES string of the molecule is CC1CCN(C(C)CNC(=O)CSCc2cccc(Cl)c2)CC1. The number of thioether (sulfide) groups is 1. The lowest BCUT2D eigenvalue weighted by Crippen LogP contribution is -2.45. The van der Waals surface area contributed by atoms with Crippen molar-refractivity contribution in [2.75, 3.05) is 25.4 Å². The second-order valence-electron chi connectivity index (χ2n) is 6.49. The summed E-state index contributed by atoms with van der Waals surface area (Å²) in [5.41, 5.74) is 1.16. The number of hydrogen-bond acceptors (Lipinski definition) is 3. The molecular formula is C18H27ClN2OS. The number of nitrogens with zero attached hydrogens (tertiary/aromatic N) is 1. The van der Waals surface area contributed by atoms with Gasteiger partial charge in [0.25, 0.3) is 0 Å². The van der Waals surface area contributed by atoms with Crippen molar-refractivity contribution < 1.29 is 4.79 Å². The molecule has 1 fully saturated rings. The van der Waals surface area contributed by atoms with Crippen molar-refractivity contribution in [2.45, 2.75) is 38.5 Å². The van der Waals surface area contributed by atoms with Gasteiger partial charge in [-0.3, -0.25) is 9.69 Å². The van der Waals surface area contributed by atoms with E-state index in [2.05, 4.69) is 24.1 Å². The van der Waals surface area contributed by atoms with Crippen LogP contribution in [0.5, 0.6) is 0 Å². The molecule has 1 N–H and O–H groups in total. The van der Waals surface area contributed by atoms with Crippen LogP contribution in [0.25, 0.3) is 0 Å². The Hall–Kier alpha value is -0.710. The molecule has 0 bridgehead atoms. The maximum absolute atomic E-state index is 12.0. The number of amides is 1. The van der Waals surface area contributed by atoms with E-state index >= 15 is 0 Å². The van der Waals surface area contributed by atoms with Crippen molar-refractivity contribution in [3.63, 3.8) is 0 Å². The minimum atomic E-state index is 0.120. The van der Waals surface area contributed by atoms with Gasteiger partial charge in [0.05, 0.1) is 5.75 Å². The van der Waals surface area contributed by atoms with Crippen LogP contribution in [0.4, 0.5) is 0 Å². The standard InChI is InChI=1S/C18H27ClN2OS/c1-14-6-8-21(9-7-14)15(2)11-20-18(22)13-23-12-16-4-3-5-17(19)10-16/h3-5,10,14-15H,6-9,11-13H2,1-2H3,(H,20,22). The Labute approximate surface area is 149 Å². The molecular weight excluding hydrogens is 328 g/mol. The zero-order valence-corrected chi connectivity index (χ0v) is 15.6. The van der Waals surface area contributed by atoms with Crippen molar-refractivity contribution in [3.8, 4) is 0 Å². The van der Waals surface area contributed by atoms with Crippen molar-refractivity contribution >= 4 is 29.3 Å². The lowest BCUT2D eigenvalue weighted by Gasteiger charge is -2.35. The van der Waals surface area contributed by atoms with Crippen LogP contribution in [0.1, 0.15) is 32.3 Å². The van der Waals surface area contributed by atoms with E-state index < -0.39 is 0 Å². The third-order valence-electron chi connectivity index (χ3n) is 4.43. The van der Waals surface area contributed by atoms with Crippen LogP contribution in [-0.4, -0.2) is 42.2 Å². The van der Waals surface area contributed by atoms with E-state index in [-0.39, 0.29) is 5.91 Å². The van der Waals surface area contributed by atoms with E-state index in [1.54, 1.807) is 11.8 Å². The highest BCUT2D eigenvalue weighted by molar-refractivity contribution is 7.99. The Morgan fingerprint density at radius 3 is 2.87 bits per heavy atom. The monoisotopic (exact) mass is 354 g/mol. The fourth-order valence-electron chi connectivity index (χ4n) is 2.80. The summed E-state index contributed by atoms with van der Waals surface area (Å²) < 4.78 is 0. The summed E-state index contributed by atoms with van der Waals surface area (Å²) in [6, 6.07) is 8.22. The zero-order valence-electron chi connectivity index (χ0n) is 14.1. The van der Waals surface area contributed by atoms with Crippen molar-refractivity contribution in [1.29, 1.82) is 0 Å². The number of likely N-dealkylation sites (tertiary alicyclic amines) is 1. The molecule has 0 radical (unpaired) electrons. The van der Waals surface area contributed by atoms with Crippen molar-refractivity contribution in [2.24, 2.45) is 5.92 Å². The second-order valence-corrected chi connectivity index (χ2v) is 7.92. The summed E-state index contributed by atoms with van der Waals surface area (Å²) in [5.74, 6) is 2.27. The number of hydrogen-bond donors (Lipinski definition) is 1. The maximum atomic E-state index is 12.0. The first-order chi connectivity index (χ1) is 11.0. The smallest absolute Gasteiger partial charge is 0.230 e. The molecule has 3 nitrogen and oxygen atoms in total. The van der Waals surface area contributed by atoms with E-state index in [0.29, 0.717) is 11.8 Å². The molecule has 128 valence electrons. The van der Waals surface area contributed by atoms with Gasteiger partial charge in [-0.05, 0) is 56.5 Å². The zero-order chi connectivity index (χ0) is 16.7. The van der Waals surface area contributed by atoms with Crippen molar-refractivity contribution in [3.05, 3.63) is 34.9 Å². The van der Waals surface area contributed by atoms with E-state index in [4.69, 9.17) is 11.6 Å². The van der Waals surface area contributed by atoms with Gasteiger partial charge in [-0.2, -0.15) is 0 Å². The molecule has 0 saturated carbocycles. The normalized spacial score (nSPS) is 17.9. The third-order valence-corrected chi connectivity index (χ3v) is 5.67. The lowest BCUT2D eigenvalue weighted by molar-refractivity contribution is -0.118. The quantitative estimate of drug-likeness (QED) is 0.808. The molecule has 0 aromatic heterocycles. The van der Waals surface area contributed by atoms with Gasteiger partial charge >= 0.3 is 0 Å². The number of halogens is 1. The third kappa shape index (κ3) is 6.74. The Morgan fingerprint density at radius 1 is 1.43 bits per heavy atom. The van der Waals surface area contributed by atoms with Gasteiger partial charge in [0.2, 0.25) is 5.91 Å². The maximum Gasteiger partial charge on any atom is 0.230 e. The molecule has 0 aliphatic carbocycles. The predicted octanol–water partition coefficient (Wildman–Crippen LogP) is 3.81. The van der Waals surface area contributed by atoms with Crippen LogP contribution in [-0.2, 0) is 10.5 Å². The molecule has 0 spiro atoms. The second kappa shape index (κ2) is 9.55. The number of rotatable bonds is 7. The molecule has 1 aliphatic rings. The van der Waals surface area contributed by atoms with Gasteiger partial charge in [0, 0.05) is 23.4 Å². The van der Waals surface area contributed by atoms with Gasteiger partial charge in [-0.15, -0.1) is 11.8 Å². The number of nitrogens with one attached hydrogen (secondary N) is 1. The number of piperidine rings is 1. The summed E-state index contributed by atoms with van der Waals surface area (Å²) in [4.78, 5) is 14.4. The molecule has 1 heterocycles. The Morgan fingerprint density at radius 2 is 2.17 bits per heavy atom. The molecule has 1 saturated heterocycles. The highest BCUT2D eigenvalue weighted by Gasteiger charge is 2.20. The van der Waals surface area contributed by atoms with Crippen LogP contribution in [0, 0.1) is 5.92 Å². The lowest BCUT2D eigenvalue weighted by atomic mass is 9.98. The number of carbonyl (C=O) groups is 1. The Bertz CT molecular complexity index is 504. The number of benzene rings is 1.